The summed E-state index contributed by atoms with van der Waals surface area (Å²) in [4.78, 5) is 14.7. The molecular weight excluding hydrogens is 437 g/mol. The van der Waals surface area contributed by atoms with E-state index in [1.807, 2.05) is 18.2 Å². The molecule has 1 atom stereocenters. The van der Waals surface area contributed by atoms with Crippen molar-refractivity contribution < 1.29 is 32.2 Å². The Morgan fingerprint density at radius 3 is 2.39 bits per heavy atom. The Morgan fingerprint density at radius 1 is 1.03 bits per heavy atom. The predicted octanol–water partition coefficient (Wildman–Crippen LogP) is 3.66. The van der Waals surface area contributed by atoms with E-state index >= 15 is 0 Å². The number of carbonyl (C=O) groups is 1. The minimum absolute atomic E-state index is 0. The summed E-state index contributed by atoms with van der Waals surface area (Å²) in [7, 11) is 0. The van der Waals surface area contributed by atoms with Crippen molar-refractivity contribution in [2.45, 2.75) is 12.2 Å². The number of rotatable bonds is 5. The standard InChI is InChI=1S/C21H21F3N2O4.ClH/c22-21(23,24)16-4-1-14(2-5-16)20(27)25-12-17(26-7-9-28-10-8-26)15-3-6-18-19(11-15)30-13-29-18;/h1-6,11,17H,7-10,12-13H2,(H,25,27);1H. The van der Waals surface area contributed by atoms with E-state index in [1.165, 1.54) is 12.1 Å². The van der Waals surface area contributed by atoms with Crippen molar-refractivity contribution in [3.05, 3.63) is 59.2 Å². The Hall–Kier alpha value is -2.49. The number of fused-ring (bicyclic) bond motifs is 1. The molecule has 2 aliphatic rings. The summed E-state index contributed by atoms with van der Waals surface area (Å²) in [6, 6.07) is 9.71. The van der Waals surface area contributed by atoms with Gasteiger partial charge in [0.25, 0.3) is 5.91 Å². The first-order valence-corrected chi connectivity index (χ1v) is 9.58. The lowest BCUT2D eigenvalue weighted by Crippen LogP contribution is -2.43. The smallest absolute Gasteiger partial charge is 0.416 e. The minimum atomic E-state index is -4.43. The number of ether oxygens (including phenoxy) is 3. The van der Waals surface area contributed by atoms with Crippen LogP contribution in [0, 0.1) is 0 Å². The quantitative estimate of drug-likeness (QED) is 0.741. The van der Waals surface area contributed by atoms with Gasteiger partial charge in [-0.2, -0.15) is 13.2 Å². The number of carbonyl (C=O) groups excluding carboxylic acids is 1. The van der Waals surface area contributed by atoms with E-state index in [4.69, 9.17) is 14.2 Å². The highest BCUT2D eigenvalue weighted by Crippen LogP contribution is 2.35. The number of nitrogens with zero attached hydrogens (tertiary/aromatic N) is 1. The van der Waals surface area contributed by atoms with Gasteiger partial charge in [-0.15, -0.1) is 12.4 Å². The van der Waals surface area contributed by atoms with Crippen molar-refractivity contribution in [3.63, 3.8) is 0 Å². The second-order valence-electron chi connectivity index (χ2n) is 7.06. The zero-order valence-corrected chi connectivity index (χ0v) is 17.3. The molecule has 6 nitrogen and oxygen atoms in total. The summed E-state index contributed by atoms with van der Waals surface area (Å²) in [5.41, 5.74) is 0.342. The maximum absolute atomic E-state index is 12.7. The summed E-state index contributed by atoms with van der Waals surface area (Å²) in [5.74, 6) is 0.899. The highest BCUT2D eigenvalue weighted by Gasteiger charge is 2.30. The Balaban J connectivity index is 0.00000272. The van der Waals surface area contributed by atoms with Crippen LogP contribution >= 0.6 is 12.4 Å². The van der Waals surface area contributed by atoms with Crippen LogP contribution in [-0.4, -0.2) is 50.4 Å². The van der Waals surface area contributed by atoms with Gasteiger partial charge in [-0.05, 0) is 42.0 Å². The molecule has 0 radical (unpaired) electrons. The Kier molecular flexibility index (Phi) is 7.30. The van der Waals surface area contributed by atoms with Crippen LogP contribution in [0.1, 0.15) is 27.5 Å². The molecule has 4 rings (SSSR count). The first-order valence-electron chi connectivity index (χ1n) is 9.58. The summed E-state index contributed by atoms with van der Waals surface area (Å²) in [6.07, 6.45) is -4.43. The molecule has 0 aliphatic carbocycles. The minimum Gasteiger partial charge on any atom is -0.454 e. The van der Waals surface area contributed by atoms with Crippen LogP contribution in [0.3, 0.4) is 0 Å². The van der Waals surface area contributed by atoms with Gasteiger partial charge in [0.15, 0.2) is 11.5 Å². The average Bonchev–Trinajstić information content (AvgIpc) is 3.22. The zero-order valence-electron chi connectivity index (χ0n) is 16.5. The number of alkyl halides is 3. The lowest BCUT2D eigenvalue weighted by molar-refractivity contribution is -0.137. The molecule has 2 aromatic carbocycles. The molecule has 2 aliphatic heterocycles. The van der Waals surface area contributed by atoms with Crippen LogP contribution in [0.5, 0.6) is 11.5 Å². The highest BCUT2D eigenvalue weighted by atomic mass is 35.5. The molecule has 0 saturated carbocycles. The lowest BCUT2D eigenvalue weighted by Gasteiger charge is -2.35. The van der Waals surface area contributed by atoms with Crippen molar-refractivity contribution in [1.82, 2.24) is 10.2 Å². The van der Waals surface area contributed by atoms with Crippen LogP contribution in [0.4, 0.5) is 13.2 Å². The second-order valence-corrected chi connectivity index (χ2v) is 7.06. The number of halogens is 4. The van der Waals surface area contributed by atoms with Crippen LogP contribution < -0.4 is 14.8 Å². The molecule has 1 N–H and O–H groups in total. The molecule has 1 saturated heterocycles. The second kappa shape index (κ2) is 9.76. The molecule has 1 unspecified atom stereocenters. The number of hydrogen-bond donors (Lipinski definition) is 1. The van der Waals surface area contributed by atoms with Gasteiger partial charge in [0.1, 0.15) is 0 Å². The highest BCUT2D eigenvalue weighted by molar-refractivity contribution is 5.94. The van der Waals surface area contributed by atoms with Crippen LogP contribution in [-0.2, 0) is 10.9 Å². The van der Waals surface area contributed by atoms with E-state index in [9.17, 15) is 18.0 Å². The first-order chi connectivity index (χ1) is 14.4. The summed E-state index contributed by atoms with van der Waals surface area (Å²) in [6.45, 7) is 3.05. The summed E-state index contributed by atoms with van der Waals surface area (Å²) < 4.78 is 54.4. The lowest BCUT2D eigenvalue weighted by atomic mass is 10.0. The Morgan fingerprint density at radius 2 is 1.71 bits per heavy atom. The average molecular weight is 459 g/mol. The van der Waals surface area contributed by atoms with Gasteiger partial charge in [0, 0.05) is 25.2 Å². The fraction of sp³-hybridized carbons (Fsp3) is 0.381. The van der Waals surface area contributed by atoms with E-state index in [0.717, 1.165) is 17.7 Å². The van der Waals surface area contributed by atoms with Gasteiger partial charge in [0.05, 0.1) is 24.8 Å². The number of hydrogen-bond acceptors (Lipinski definition) is 5. The third-order valence-electron chi connectivity index (χ3n) is 5.20. The van der Waals surface area contributed by atoms with Crippen molar-refractivity contribution in [3.8, 4) is 11.5 Å². The van der Waals surface area contributed by atoms with Gasteiger partial charge in [-0.25, -0.2) is 0 Å². The Bertz CT molecular complexity index is 902. The molecule has 1 fully saturated rings. The van der Waals surface area contributed by atoms with E-state index in [-0.39, 0.29) is 30.8 Å². The van der Waals surface area contributed by atoms with Crippen LogP contribution in [0.15, 0.2) is 42.5 Å². The van der Waals surface area contributed by atoms with Crippen molar-refractivity contribution >= 4 is 18.3 Å². The molecular formula is C21H22ClF3N2O4. The molecule has 168 valence electrons. The van der Waals surface area contributed by atoms with E-state index in [0.29, 0.717) is 44.3 Å². The first kappa shape index (κ1) is 23.2. The topological polar surface area (TPSA) is 60.0 Å². The van der Waals surface area contributed by atoms with Gasteiger partial charge >= 0.3 is 6.18 Å². The summed E-state index contributed by atoms with van der Waals surface area (Å²) >= 11 is 0. The van der Waals surface area contributed by atoms with Crippen LogP contribution in [0.25, 0.3) is 0 Å². The van der Waals surface area contributed by atoms with Crippen LogP contribution in [0.2, 0.25) is 0 Å². The normalized spacial score (nSPS) is 17.0. The van der Waals surface area contributed by atoms with Crippen molar-refractivity contribution in [1.29, 1.82) is 0 Å². The maximum Gasteiger partial charge on any atom is 0.416 e. The van der Waals surface area contributed by atoms with Crippen molar-refractivity contribution in [2.24, 2.45) is 0 Å². The number of nitrogens with one attached hydrogen (secondary N) is 1. The monoisotopic (exact) mass is 458 g/mol. The third-order valence-corrected chi connectivity index (χ3v) is 5.20. The van der Waals surface area contributed by atoms with Gasteiger partial charge < -0.3 is 19.5 Å². The number of morpholine rings is 1. The summed E-state index contributed by atoms with van der Waals surface area (Å²) in [5, 5.41) is 2.85. The molecule has 10 heteroatoms. The molecule has 0 spiro atoms. The van der Waals surface area contributed by atoms with E-state index < -0.39 is 17.6 Å². The maximum atomic E-state index is 12.7. The van der Waals surface area contributed by atoms with Gasteiger partial charge in [-0.1, -0.05) is 6.07 Å². The molecule has 2 aromatic rings. The molecule has 0 aromatic heterocycles. The molecule has 0 bridgehead atoms. The number of benzene rings is 2. The predicted molar refractivity (Wildman–Crippen MR) is 109 cm³/mol. The zero-order chi connectivity index (χ0) is 21.1. The van der Waals surface area contributed by atoms with Crippen molar-refractivity contribution in [2.75, 3.05) is 39.6 Å². The van der Waals surface area contributed by atoms with Gasteiger partial charge in [-0.3, -0.25) is 9.69 Å². The van der Waals surface area contributed by atoms with E-state index in [1.54, 1.807) is 0 Å². The van der Waals surface area contributed by atoms with Gasteiger partial charge in [0.2, 0.25) is 6.79 Å². The molecule has 1 amide bonds. The fourth-order valence-corrected chi connectivity index (χ4v) is 3.57. The Labute approximate surface area is 183 Å². The SMILES string of the molecule is Cl.O=C(NCC(c1ccc2c(c1)OCO2)N1CCOCC1)c1ccc(C(F)(F)F)cc1. The largest absolute Gasteiger partial charge is 0.454 e. The third kappa shape index (κ3) is 5.41. The molecule has 31 heavy (non-hydrogen) atoms. The fourth-order valence-electron chi connectivity index (χ4n) is 3.57. The molecule has 2 heterocycles. The number of amides is 1. The van der Waals surface area contributed by atoms with E-state index in [2.05, 4.69) is 10.2 Å².